The molecule has 0 aliphatic rings. The van der Waals surface area contributed by atoms with Crippen LogP contribution in [0.1, 0.15) is 13.2 Å². The van der Waals surface area contributed by atoms with E-state index in [0.717, 1.165) is 0 Å². The number of amides is 1. The molecule has 3 aromatic carbocycles. The minimum atomic E-state index is -4.03. The predicted molar refractivity (Wildman–Crippen MR) is 104 cm³/mol. The Morgan fingerprint density at radius 1 is 0.852 bits per heavy atom. The van der Waals surface area contributed by atoms with E-state index in [1.807, 2.05) is 18.2 Å². The first-order chi connectivity index (χ1) is 13.0. The second-order valence-corrected chi connectivity index (χ2v) is 7.13. The summed E-state index contributed by atoms with van der Waals surface area (Å²) in [6.07, 6.45) is 0. The number of sulfonamides is 1. The molecule has 27 heavy (non-hydrogen) atoms. The van der Waals surface area contributed by atoms with Crippen molar-refractivity contribution in [1.29, 1.82) is 0 Å². The molecule has 0 bridgehead atoms. The Morgan fingerprint density at radius 3 is 2.11 bits per heavy atom. The Hall–Kier alpha value is -3.36. The number of carbonyl (C=O) groups excluding carboxylic acids is 1. The van der Waals surface area contributed by atoms with Gasteiger partial charge in [0.1, 0.15) is 16.4 Å². The minimum Gasteiger partial charge on any atom is -0.457 e. The van der Waals surface area contributed by atoms with E-state index in [9.17, 15) is 13.2 Å². The van der Waals surface area contributed by atoms with E-state index in [-0.39, 0.29) is 13.3 Å². The lowest BCUT2D eigenvalue weighted by Crippen LogP contribution is -2.23. The second kappa shape index (κ2) is 7.90. The van der Waals surface area contributed by atoms with Gasteiger partial charge in [-0.25, -0.2) is 13.9 Å². The molecular formula is C19H20N2O5S. The first-order valence-electron chi connectivity index (χ1n) is 7.89. The maximum absolute atomic E-state index is 12.6. The Morgan fingerprint density at radius 2 is 1.44 bits per heavy atom. The van der Waals surface area contributed by atoms with Gasteiger partial charge in [-0.15, -0.1) is 0 Å². The summed E-state index contributed by atoms with van der Waals surface area (Å²) in [5.41, 5.74) is 1.57. The fraction of sp³-hybridized carbons (Fsp3) is 0. The molecule has 0 radical (unpaired) electrons. The summed E-state index contributed by atoms with van der Waals surface area (Å²) in [5, 5.41) is 8.79. The van der Waals surface area contributed by atoms with E-state index in [1.54, 1.807) is 36.4 Å². The van der Waals surface area contributed by atoms with Gasteiger partial charge in [0.15, 0.2) is 0 Å². The molecule has 3 rings (SSSR count). The molecule has 1 amide bonds. The fourth-order valence-corrected chi connectivity index (χ4v) is 3.64. The molecule has 0 aliphatic heterocycles. The standard InChI is InChI=1S/C19H16N2O5S.2H2/c22-19(20-23)17-8-4-5-9-18(17)27(24,25)21-14-10-12-16(13-11-14)26-15-6-2-1-3-7-15;;/h1-13,21,23H,(H,20,22);2*1H. The second-order valence-electron chi connectivity index (χ2n) is 5.48. The van der Waals surface area contributed by atoms with Crippen LogP contribution >= 0.6 is 0 Å². The number of carbonyl (C=O) groups is 1. The molecule has 142 valence electrons. The summed E-state index contributed by atoms with van der Waals surface area (Å²) >= 11 is 0. The van der Waals surface area contributed by atoms with Gasteiger partial charge in [0.25, 0.3) is 15.9 Å². The number of anilines is 1. The molecule has 0 heterocycles. The first kappa shape index (κ1) is 18.4. The molecule has 0 saturated heterocycles. The van der Waals surface area contributed by atoms with Crippen molar-refractivity contribution in [3.63, 3.8) is 0 Å². The number of ether oxygens (including phenoxy) is 1. The molecule has 0 atom stereocenters. The zero-order valence-corrected chi connectivity index (χ0v) is 14.8. The van der Waals surface area contributed by atoms with E-state index in [2.05, 4.69) is 4.72 Å². The Labute approximate surface area is 159 Å². The first-order valence-corrected chi connectivity index (χ1v) is 9.37. The summed E-state index contributed by atoms with van der Waals surface area (Å²) in [6, 6.07) is 21.1. The minimum absolute atomic E-state index is 0. The van der Waals surface area contributed by atoms with Crippen LogP contribution in [0, 0.1) is 0 Å². The molecule has 0 fully saturated rings. The number of nitrogens with one attached hydrogen (secondary N) is 2. The largest absolute Gasteiger partial charge is 0.457 e. The topological polar surface area (TPSA) is 105 Å². The average molecular weight is 388 g/mol. The van der Waals surface area contributed by atoms with Crippen molar-refractivity contribution in [3.05, 3.63) is 84.4 Å². The summed E-state index contributed by atoms with van der Waals surface area (Å²) in [5.74, 6) is 0.293. The summed E-state index contributed by atoms with van der Waals surface area (Å²) in [6.45, 7) is 0. The third-order valence-corrected chi connectivity index (χ3v) is 5.05. The summed E-state index contributed by atoms with van der Waals surface area (Å²) < 4.78 is 33.3. The molecule has 8 heteroatoms. The molecule has 3 aromatic rings. The average Bonchev–Trinajstić information content (AvgIpc) is 2.69. The van der Waals surface area contributed by atoms with Crippen molar-refractivity contribution in [1.82, 2.24) is 5.48 Å². The molecule has 0 unspecified atom stereocenters. The highest BCUT2D eigenvalue weighted by molar-refractivity contribution is 7.92. The quantitative estimate of drug-likeness (QED) is 0.439. The van der Waals surface area contributed by atoms with Crippen LogP contribution in [0.2, 0.25) is 0 Å². The summed E-state index contributed by atoms with van der Waals surface area (Å²) in [7, 11) is -4.03. The number of hydroxylamine groups is 1. The lowest BCUT2D eigenvalue weighted by atomic mass is 10.2. The van der Waals surface area contributed by atoms with Crippen molar-refractivity contribution in [2.45, 2.75) is 4.90 Å². The van der Waals surface area contributed by atoms with Gasteiger partial charge in [0.2, 0.25) is 0 Å². The van der Waals surface area contributed by atoms with Crippen LogP contribution < -0.4 is 14.9 Å². The Kier molecular flexibility index (Phi) is 5.39. The molecule has 0 spiro atoms. The molecule has 3 N–H and O–H groups in total. The Balaban J connectivity index is 0.00000210. The van der Waals surface area contributed by atoms with E-state index < -0.39 is 15.9 Å². The number of hydrogen-bond acceptors (Lipinski definition) is 5. The summed E-state index contributed by atoms with van der Waals surface area (Å²) in [4.78, 5) is 11.4. The number of para-hydroxylation sites is 1. The van der Waals surface area contributed by atoms with Crippen molar-refractivity contribution >= 4 is 21.6 Å². The van der Waals surface area contributed by atoms with E-state index in [4.69, 9.17) is 9.94 Å². The van der Waals surface area contributed by atoms with Gasteiger partial charge in [0, 0.05) is 8.54 Å². The highest BCUT2D eigenvalue weighted by Gasteiger charge is 2.22. The fourth-order valence-electron chi connectivity index (χ4n) is 2.37. The van der Waals surface area contributed by atoms with Crippen LogP contribution in [0.3, 0.4) is 0 Å². The van der Waals surface area contributed by atoms with Gasteiger partial charge >= 0.3 is 0 Å². The smallest absolute Gasteiger partial charge is 0.276 e. The van der Waals surface area contributed by atoms with Crippen LogP contribution in [-0.2, 0) is 10.0 Å². The van der Waals surface area contributed by atoms with Crippen LogP contribution in [0.5, 0.6) is 11.5 Å². The van der Waals surface area contributed by atoms with Crippen LogP contribution in [-0.4, -0.2) is 19.5 Å². The van der Waals surface area contributed by atoms with Crippen molar-refractivity contribution < 1.29 is 26.0 Å². The van der Waals surface area contributed by atoms with Crippen molar-refractivity contribution in [2.24, 2.45) is 0 Å². The lowest BCUT2D eigenvalue weighted by molar-refractivity contribution is 0.0702. The number of benzene rings is 3. The molecule has 7 nitrogen and oxygen atoms in total. The van der Waals surface area contributed by atoms with Gasteiger partial charge < -0.3 is 4.74 Å². The SMILES string of the molecule is O=C(NO)c1ccccc1S(=O)(=O)Nc1ccc(Oc2ccccc2)cc1.[HH].[HH]. The third-order valence-electron chi connectivity index (χ3n) is 3.61. The van der Waals surface area contributed by atoms with Crippen LogP contribution in [0.4, 0.5) is 5.69 Å². The number of rotatable bonds is 6. The van der Waals surface area contributed by atoms with Crippen molar-refractivity contribution in [3.8, 4) is 11.5 Å². The van der Waals surface area contributed by atoms with E-state index in [1.165, 1.54) is 29.7 Å². The van der Waals surface area contributed by atoms with Crippen LogP contribution in [0.25, 0.3) is 0 Å². The van der Waals surface area contributed by atoms with Gasteiger partial charge in [0.05, 0.1) is 5.56 Å². The molecule has 0 aliphatic carbocycles. The molecular weight excluding hydrogens is 368 g/mol. The van der Waals surface area contributed by atoms with Crippen molar-refractivity contribution in [2.75, 3.05) is 4.72 Å². The maximum atomic E-state index is 12.6. The van der Waals surface area contributed by atoms with Gasteiger partial charge in [-0.05, 0) is 48.5 Å². The van der Waals surface area contributed by atoms with Gasteiger partial charge in [-0.3, -0.25) is 14.7 Å². The number of hydrogen-bond donors (Lipinski definition) is 3. The third kappa shape index (κ3) is 4.43. The van der Waals surface area contributed by atoms with Crippen LogP contribution in [0.15, 0.2) is 83.8 Å². The van der Waals surface area contributed by atoms with Gasteiger partial charge in [-0.2, -0.15) is 0 Å². The van der Waals surface area contributed by atoms with E-state index in [0.29, 0.717) is 17.2 Å². The highest BCUT2D eigenvalue weighted by atomic mass is 32.2. The highest BCUT2D eigenvalue weighted by Crippen LogP contribution is 2.24. The van der Waals surface area contributed by atoms with Gasteiger partial charge in [-0.1, -0.05) is 30.3 Å². The molecule has 0 aromatic heterocycles. The Bertz CT molecular complexity index is 1050. The normalized spacial score (nSPS) is 10.9. The maximum Gasteiger partial charge on any atom is 0.276 e. The zero-order chi connectivity index (χ0) is 19.3. The zero-order valence-electron chi connectivity index (χ0n) is 14.0. The molecule has 0 saturated carbocycles. The van der Waals surface area contributed by atoms with E-state index >= 15 is 0 Å². The predicted octanol–water partition coefficient (Wildman–Crippen LogP) is 3.89. The lowest BCUT2D eigenvalue weighted by Gasteiger charge is -2.12. The monoisotopic (exact) mass is 388 g/mol.